The molecule has 0 fully saturated rings. The molecule has 0 saturated carbocycles. The molecule has 0 unspecified atom stereocenters. The van der Waals surface area contributed by atoms with Gasteiger partial charge in [-0.3, -0.25) is 9.59 Å². The van der Waals surface area contributed by atoms with Crippen LogP contribution in [0.2, 0.25) is 0 Å². The molecule has 0 heterocycles. The number of carboxylic acids is 1. The summed E-state index contributed by atoms with van der Waals surface area (Å²) in [5, 5.41) is 8.47. The highest BCUT2D eigenvalue weighted by Crippen LogP contribution is 2.13. The summed E-state index contributed by atoms with van der Waals surface area (Å²) in [4.78, 5) is 21.9. The van der Waals surface area contributed by atoms with Crippen LogP contribution in [0.25, 0.3) is 0 Å². The average molecular weight is 312 g/mol. The standard InChI is InChI=1S/C12H14O3.C8H10/c1-8-3-4-10(9(2)7-8)11(13)5-6-12(14)15;1-7-5-3-4-6-8(7)2/h3-4,7H,5-6H2,1-2H3,(H,14,15);3-6H,1-2H3. The molecule has 0 saturated heterocycles. The number of carbonyl (C=O) groups excluding carboxylic acids is 1. The minimum Gasteiger partial charge on any atom is -0.481 e. The Balaban J connectivity index is 0.000000277. The number of rotatable bonds is 4. The van der Waals surface area contributed by atoms with Gasteiger partial charge in [0.05, 0.1) is 6.42 Å². The molecule has 2 aromatic rings. The monoisotopic (exact) mass is 312 g/mol. The molecule has 3 nitrogen and oxygen atoms in total. The van der Waals surface area contributed by atoms with Gasteiger partial charge in [0, 0.05) is 12.0 Å². The number of aryl methyl sites for hydroxylation is 4. The molecule has 0 spiro atoms. The van der Waals surface area contributed by atoms with Crippen LogP contribution >= 0.6 is 0 Å². The van der Waals surface area contributed by atoms with Gasteiger partial charge in [0.2, 0.25) is 0 Å². The molecule has 2 rings (SSSR count). The number of aliphatic carboxylic acids is 1. The molecule has 0 aliphatic rings. The molecule has 0 bridgehead atoms. The Hall–Kier alpha value is -2.42. The quantitative estimate of drug-likeness (QED) is 0.836. The van der Waals surface area contributed by atoms with Crippen LogP contribution in [0, 0.1) is 27.7 Å². The fraction of sp³-hybridized carbons (Fsp3) is 0.300. The van der Waals surface area contributed by atoms with Gasteiger partial charge in [-0.2, -0.15) is 0 Å². The molecule has 1 N–H and O–H groups in total. The molecule has 0 amide bonds. The Labute approximate surface area is 138 Å². The molecule has 0 aromatic heterocycles. The van der Waals surface area contributed by atoms with Gasteiger partial charge in [-0.05, 0) is 44.4 Å². The third-order valence-electron chi connectivity index (χ3n) is 3.67. The fourth-order valence-corrected chi connectivity index (χ4v) is 2.14. The molecular weight excluding hydrogens is 288 g/mol. The topological polar surface area (TPSA) is 54.4 Å². The van der Waals surface area contributed by atoms with E-state index in [0.717, 1.165) is 11.1 Å². The molecule has 0 aliphatic heterocycles. The molecule has 23 heavy (non-hydrogen) atoms. The molecule has 0 atom stereocenters. The third kappa shape index (κ3) is 6.47. The minimum absolute atomic E-state index is 0.0687. The van der Waals surface area contributed by atoms with E-state index in [1.165, 1.54) is 11.1 Å². The Morgan fingerprint density at radius 1 is 0.826 bits per heavy atom. The highest BCUT2D eigenvalue weighted by Gasteiger charge is 2.10. The van der Waals surface area contributed by atoms with Gasteiger partial charge in [0.1, 0.15) is 0 Å². The van der Waals surface area contributed by atoms with Gasteiger partial charge in [0.15, 0.2) is 5.78 Å². The van der Waals surface area contributed by atoms with Crippen LogP contribution < -0.4 is 0 Å². The second kappa shape index (κ2) is 8.89. The normalized spacial score (nSPS) is 9.74. The summed E-state index contributed by atoms with van der Waals surface area (Å²) in [5.74, 6) is -1.04. The van der Waals surface area contributed by atoms with Crippen LogP contribution in [-0.2, 0) is 4.79 Å². The van der Waals surface area contributed by atoms with Gasteiger partial charge in [-0.1, -0.05) is 48.0 Å². The lowest BCUT2D eigenvalue weighted by Crippen LogP contribution is -2.05. The zero-order chi connectivity index (χ0) is 17.4. The van der Waals surface area contributed by atoms with E-state index < -0.39 is 5.97 Å². The number of benzene rings is 2. The summed E-state index contributed by atoms with van der Waals surface area (Å²) in [7, 11) is 0. The predicted octanol–water partition coefficient (Wildman–Crippen LogP) is 4.65. The lowest BCUT2D eigenvalue weighted by molar-refractivity contribution is -0.136. The summed E-state index contributed by atoms with van der Waals surface area (Å²) in [6, 6.07) is 13.9. The van der Waals surface area contributed by atoms with Crippen LogP contribution in [0.3, 0.4) is 0 Å². The highest BCUT2D eigenvalue weighted by atomic mass is 16.4. The predicted molar refractivity (Wildman–Crippen MR) is 93.0 cm³/mol. The lowest BCUT2D eigenvalue weighted by atomic mass is 10.00. The zero-order valence-corrected chi connectivity index (χ0v) is 14.2. The summed E-state index contributed by atoms with van der Waals surface area (Å²) in [5.41, 5.74) is 5.37. The van der Waals surface area contributed by atoms with Crippen LogP contribution in [-0.4, -0.2) is 16.9 Å². The first kappa shape index (κ1) is 18.6. The zero-order valence-electron chi connectivity index (χ0n) is 14.2. The maximum Gasteiger partial charge on any atom is 0.303 e. The Morgan fingerprint density at radius 3 is 1.83 bits per heavy atom. The van der Waals surface area contributed by atoms with Crippen molar-refractivity contribution in [2.45, 2.75) is 40.5 Å². The second-order valence-corrected chi connectivity index (χ2v) is 5.72. The average Bonchev–Trinajstić information content (AvgIpc) is 2.48. The molecule has 122 valence electrons. The first-order chi connectivity index (χ1) is 10.8. The van der Waals surface area contributed by atoms with Crippen molar-refractivity contribution in [1.29, 1.82) is 0 Å². The van der Waals surface area contributed by atoms with E-state index in [4.69, 9.17) is 5.11 Å². The largest absolute Gasteiger partial charge is 0.481 e. The number of ketones is 1. The Kier molecular flexibility index (Phi) is 7.20. The molecule has 0 radical (unpaired) electrons. The lowest BCUT2D eigenvalue weighted by Gasteiger charge is -2.04. The maximum atomic E-state index is 11.6. The van der Waals surface area contributed by atoms with Gasteiger partial charge >= 0.3 is 5.97 Å². The van der Waals surface area contributed by atoms with E-state index in [1.54, 1.807) is 6.07 Å². The summed E-state index contributed by atoms with van der Waals surface area (Å²) >= 11 is 0. The van der Waals surface area contributed by atoms with Crippen LogP contribution in [0.1, 0.15) is 45.5 Å². The highest BCUT2D eigenvalue weighted by molar-refractivity contribution is 5.98. The smallest absolute Gasteiger partial charge is 0.303 e. The number of carbonyl (C=O) groups is 2. The van der Waals surface area contributed by atoms with Gasteiger partial charge < -0.3 is 5.11 Å². The van der Waals surface area contributed by atoms with Crippen molar-refractivity contribution in [2.75, 3.05) is 0 Å². The number of hydrogen-bond acceptors (Lipinski definition) is 2. The Morgan fingerprint density at radius 2 is 1.39 bits per heavy atom. The Bertz CT molecular complexity index is 666. The molecule has 3 heteroatoms. The number of hydrogen-bond donors (Lipinski definition) is 1. The SMILES string of the molecule is Cc1ccc(C(=O)CCC(=O)O)c(C)c1.Cc1ccccc1C. The molecule has 0 aliphatic carbocycles. The molecule has 2 aromatic carbocycles. The summed E-state index contributed by atoms with van der Waals surface area (Å²) in [6.07, 6.45) is -0.0363. The van der Waals surface area contributed by atoms with Crippen molar-refractivity contribution in [3.05, 3.63) is 70.3 Å². The van der Waals surface area contributed by atoms with Crippen molar-refractivity contribution in [3.63, 3.8) is 0 Å². The molecular formula is C20H24O3. The van der Waals surface area contributed by atoms with E-state index in [9.17, 15) is 9.59 Å². The van der Waals surface area contributed by atoms with Crippen LogP contribution in [0.15, 0.2) is 42.5 Å². The van der Waals surface area contributed by atoms with E-state index in [0.29, 0.717) is 5.56 Å². The van der Waals surface area contributed by atoms with Crippen molar-refractivity contribution < 1.29 is 14.7 Å². The first-order valence-electron chi connectivity index (χ1n) is 7.65. The van der Waals surface area contributed by atoms with Crippen LogP contribution in [0.5, 0.6) is 0 Å². The number of carboxylic acid groups (broad SMARTS) is 1. The van der Waals surface area contributed by atoms with Crippen LogP contribution in [0.4, 0.5) is 0 Å². The second-order valence-electron chi connectivity index (χ2n) is 5.72. The summed E-state index contributed by atoms with van der Waals surface area (Å²) in [6.45, 7) is 8.06. The first-order valence-corrected chi connectivity index (χ1v) is 7.65. The number of Topliss-reactive ketones (excluding diaryl/α,β-unsaturated/α-hetero) is 1. The van der Waals surface area contributed by atoms with Crippen molar-refractivity contribution >= 4 is 11.8 Å². The maximum absolute atomic E-state index is 11.6. The minimum atomic E-state index is -0.937. The van der Waals surface area contributed by atoms with Crippen molar-refractivity contribution in [3.8, 4) is 0 Å². The van der Waals surface area contributed by atoms with Crippen molar-refractivity contribution in [2.24, 2.45) is 0 Å². The van der Waals surface area contributed by atoms with Gasteiger partial charge in [0.25, 0.3) is 0 Å². The van der Waals surface area contributed by atoms with E-state index in [1.807, 2.05) is 26.0 Å². The van der Waals surface area contributed by atoms with E-state index in [2.05, 4.69) is 38.1 Å². The van der Waals surface area contributed by atoms with E-state index in [-0.39, 0.29) is 18.6 Å². The summed E-state index contributed by atoms with van der Waals surface area (Å²) < 4.78 is 0. The third-order valence-corrected chi connectivity index (χ3v) is 3.67. The van der Waals surface area contributed by atoms with E-state index >= 15 is 0 Å². The fourth-order valence-electron chi connectivity index (χ4n) is 2.14. The van der Waals surface area contributed by atoms with Crippen molar-refractivity contribution in [1.82, 2.24) is 0 Å². The van der Waals surface area contributed by atoms with Gasteiger partial charge in [-0.15, -0.1) is 0 Å². The van der Waals surface area contributed by atoms with Gasteiger partial charge in [-0.25, -0.2) is 0 Å².